The van der Waals surface area contributed by atoms with Crippen LogP contribution in [-0.2, 0) is 14.9 Å². The number of nitrogens with one attached hydrogen (secondary N) is 1. The van der Waals surface area contributed by atoms with Crippen molar-refractivity contribution in [1.82, 2.24) is 5.32 Å². The molecule has 1 amide bonds. The third-order valence-corrected chi connectivity index (χ3v) is 6.99. The second-order valence-corrected chi connectivity index (χ2v) is 11.5. The molecule has 0 heterocycles. The topological polar surface area (TPSA) is 104 Å². The summed E-state index contributed by atoms with van der Waals surface area (Å²) >= 11 is 0. The average molecular weight is 554 g/mol. The molecule has 0 aliphatic rings. The van der Waals surface area contributed by atoms with Crippen molar-refractivity contribution in [3.63, 3.8) is 0 Å². The normalized spacial score (nSPS) is 14.3. The number of amides is 1. The van der Waals surface area contributed by atoms with Gasteiger partial charge in [0.15, 0.2) is 0 Å². The van der Waals surface area contributed by atoms with Crippen molar-refractivity contribution in [1.29, 1.82) is 0 Å². The van der Waals surface area contributed by atoms with Gasteiger partial charge in [-0.3, -0.25) is 9.35 Å². The Labute approximate surface area is 233 Å². The molecule has 7 heteroatoms. The monoisotopic (exact) mass is 553 g/mol. The molecule has 38 heavy (non-hydrogen) atoms. The zero-order valence-corrected chi connectivity index (χ0v) is 24.8. The Kier molecular flexibility index (Phi) is 24.4. The minimum absolute atomic E-state index is 0.269. The van der Waals surface area contributed by atoms with Crippen LogP contribution in [0.1, 0.15) is 123 Å². The fourth-order valence-electron chi connectivity index (χ4n) is 3.97. The van der Waals surface area contributed by atoms with Crippen LogP contribution in [0.4, 0.5) is 0 Å². The van der Waals surface area contributed by atoms with Gasteiger partial charge in [-0.25, -0.2) is 0 Å². The molecule has 0 aromatic carbocycles. The number of carbonyl (C=O) groups is 1. The Hall–Kier alpha value is -1.70. The standard InChI is InChI=1S/C31H55NO5S/c1-3-5-7-9-11-13-15-16-17-19-21-23-25-27-31(34)32-29(28-38(35,36)37)30(33)26-24-22-20-18-14-12-10-8-6-4-2/h7,9,13-15,18,24,26,29-30,33H,3-6,8,10-12,16-17,19-23,25,27-28H2,1-2H3,(H,32,34)(H,35,36,37)/b9-7-,15-13-,18-14+,26-24+. The van der Waals surface area contributed by atoms with E-state index in [1.165, 1.54) is 38.2 Å². The predicted molar refractivity (Wildman–Crippen MR) is 161 cm³/mol. The van der Waals surface area contributed by atoms with Gasteiger partial charge in [-0.05, 0) is 57.8 Å². The van der Waals surface area contributed by atoms with Crippen molar-refractivity contribution in [2.24, 2.45) is 0 Å². The van der Waals surface area contributed by atoms with Crippen LogP contribution in [-0.4, -0.2) is 41.9 Å². The largest absolute Gasteiger partial charge is 0.387 e. The van der Waals surface area contributed by atoms with Crippen LogP contribution in [0.2, 0.25) is 0 Å². The van der Waals surface area contributed by atoms with Gasteiger partial charge >= 0.3 is 0 Å². The van der Waals surface area contributed by atoms with E-state index in [4.69, 9.17) is 0 Å². The first-order valence-electron chi connectivity index (χ1n) is 14.8. The van der Waals surface area contributed by atoms with Gasteiger partial charge in [-0.2, -0.15) is 8.42 Å². The van der Waals surface area contributed by atoms with Crippen molar-refractivity contribution >= 4 is 16.0 Å². The summed E-state index contributed by atoms with van der Waals surface area (Å²) in [4.78, 5) is 12.3. The third kappa shape index (κ3) is 25.9. The highest BCUT2D eigenvalue weighted by atomic mass is 32.2. The summed E-state index contributed by atoms with van der Waals surface area (Å²) in [5, 5.41) is 13.0. The lowest BCUT2D eigenvalue weighted by Gasteiger charge is -2.21. The van der Waals surface area contributed by atoms with Gasteiger partial charge in [0.2, 0.25) is 5.91 Å². The Morgan fingerprint density at radius 2 is 1.26 bits per heavy atom. The van der Waals surface area contributed by atoms with Gasteiger partial charge in [-0.15, -0.1) is 0 Å². The zero-order chi connectivity index (χ0) is 28.3. The summed E-state index contributed by atoms with van der Waals surface area (Å²) in [6.07, 6.45) is 32.4. The summed E-state index contributed by atoms with van der Waals surface area (Å²) in [6, 6.07) is -1.08. The van der Waals surface area contributed by atoms with Crippen LogP contribution in [0.5, 0.6) is 0 Å². The molecule has 0 fully saturated rings. The maximum absolute atomic E-state index is 12.3. The van der Waals surface area contributed by atoms with E-state index in [-0.39, 0.29) is 12.3 Å². The average Bonchev–Trinajstić information content (AvgIpc) is 2.86. The molecule has 0 bridgehead atoms. The molecule has 0 spiro atoms. The van der Waals surface area contributed by atoms with E-state index in [0.29, 0.717) is 12.8 Å². The molecule has 0 aliphatic heterocycles. The summed E-state index contributed by atoms with van der Waals surface area (Å²) in [5.41, 5.74) is 0. The lowest BCUT2D eigenvalue weighted by molar-refractivity contribution is -0.122. The van der Waals surface area contributed by atoms with E-state index in [0.717, 1.165) is 57.8 Å². The second-order valence-electron chi connectivity index (χ2n) is 10.0. The molecular formula is C31H55NO5S. The number of aliphatic hydroxyl groups is 1. The van der Waals surface area contributed by atoms with Crippen molar-refractivity contribution in [3.8, 4) is 0 Å². The first-order valence-corrected chi connectivity index (χ1v) is 16.4. The fraction of sp³-hybridized carbons (Fsp3) is 0.710. The first kappa shape index (κ1) is 36.3. The van der Waals surface area contributed by atoms with E-state index >= 15 is 0 Å². The van der Waals surface area contributed by atoms with Crippen molar-refractivity contribution < 1.29 is 22.9 Å². The SMILES string of the molecule is CCC/C=C\C/C=C\CCCCCCCC(=O)NC(CS(=O)(=O)O)C(O)/C=C/CC/C=C/CCCCCC. The summed E-state index contributed by atoms with van der Waals surface area (Å²) in [7, 11) is -4.34. The molecule has 0 saturated carbocycles. The molecule has 6 nitrogen and oxygen atoms in total. The number of allylic oxidation sites excluding steroid dienone is 7. The maximum atomic E-state index is 12.3. The smallest absolute Gasteiger partial charge is 0.267 e. The number of hydrogen-bond acceptors (Lipinski definition) is 4. The predicted octanol–water partition coefficient (Wildman–Crippen LogP) is 7.62. The molecule has 3 N–H and O–H groups in total. The van der Waals surface area contributed by atoms with Gasteiger partial charge in [0.05, 0.1) is 17.9 Å². The van der Waals surface area contributed by atoms with Gasteiger partial charge in [0, 0.05) is 6.42 Å². The van der Waals surface area contributed by atoms with Crippen LogP contribution in [0, 0.1) is 0 Å². The number of aliphatic hydroxyl groups excluding tert-OH is 1. The number of rotatable bonds is 25. The van der Waals surface area contributed by atoms with Crippen LogP contribution >= 0.6 is 0 Å². The third-order valence-electron chi connectivity index (χ3n) is 6.21. The molecule has 0 aromatic heterocycles. The summed E-state index contributed by atoms with van der Waals surface area (Å²) in [6.45, 7) is 4.37. The van der Waals surface area contributed by atoms with Crippen molar-refractivity contribution in [2.45, 2.75) is 135 Å². The van der Waals surface area contributed by atoms with E-state index in [2.05, 4.69) is 55.6 Å². The van der Waals surface area contributed by atoms with Crippen LogP contribution in [0.3, 0.4) is 0 Å². The summed E-state index contributed by atoms with van der Waals surface area (Å²) in [5.74, 6) is -1.03. The van der Waals surface area contributed by atoms with Gasteiger partial charge in [0.25, 0.3) is 10.1 Å². The zero-order valence-electron chi connectivity index (χ0n) is 24.0. The molecular weight excluding hydrogens is 498 g/mol. The molecule has 0 aliphatic carbocycles. The second kappa shape index (κ2) is 25.6. The summed E-state index contributed by atoms with van der Waals surface area (Å²) < 4.78 is 32.1. The Morgan fingerprint density at radius 1 is 0.711 bits per heavy atom. The van der Waals surface area contributed by atoms with Crippen LogP contribution < -0.4 is 5.32 Å². The highest BCUT2D eigenvalue weighted by Gasteiger charge is 2.24. The minimum Gasteiger partial charge on any atom is -0.387 e. The fourth-order valence-corrected chi connectivity index (χ4v) is 4.70. The molecule has 2 atom stereocenters. The highest BCUT2D eigenvalue weighted by molar-refractivity contribution is 7.85. The molecule has 0 saturated heterocycles. The minimum atomic E-state index is -4.34. The Balaban J connectivity index is 4.20. The number of hydrogen-bond donors (Lipinski definition) is 3. The molecule has 0 rings (SSSR count). The Morgan fingerprint density at radius 3 is 1.92 bits per heavy atom. The van der Waals surface area contributed by atoms with Gasteiger partial charge in [0.1, 0.15) is 0 Å². The number of unbranched alkanes of at least 4 members (excludes halogenated alkanes) is 11. The van der Waals surface area contributed by atoms with E-state index in [1.54, 1.807) is 6.08 Å². The number of carbonyl (C=O) groups excluding carboxylic acids is 1. The first-order chi connectivity index (χ1) is 18.3. The van der Waals surface area contributed by atoms with Crippen molar-refractivity contribution in [2.75, 3.05) is 5.75 Å². The molecule has 0 radical (unpaired) electrons. The van der Waals surface area contributed by atoms with Crippen molar-refractivity contribution in [3.05, 3.63) is 48.6 Å². The van der Waals surface area contributed by atoms with E-state index in [9.17, 15) is 22.9 Å². The van der Waals surface area contributed by atoms with Crippen LogP contribution in [0.15, 0.2) is 48.6 Å². The molecule has 0 aromatic rings. The van der Waals surface area contributed by atoms with Gasteiger partial charge < -0.3 is 10.4 Å². The van der Waals surface area contributed by atoms with Crippen LogP contribution in [0.25, 0.3) is 0 Å². The molecule has 2 unspecified atom stereocenters. The van der Waals surface area contributed by atoms with E-state index in [1.807, 2.05) is 0 Å². The lowest BCUT2D eigenvalue weighted by Crippen LogP contribution is -2.46. The highest BCUT2D eigenvalue weighted by Crippen LogP contribution is 2.09. The lowest BCUT2D eigenvalue weighted by atomic mass is 10.1. The Bertz CT molecular complexity index is 786. The maximum Gasteiger partial charge on any atom is 0.267 e. The quantitative estimate of drug-likeness (QED) is 0.0613. The molecule has 220 valence electrons. The van der Waals surface area contributed by atoms with E-state index < -0.39 is 28.0 Å². The van der Waals surface area contributed by atoms with Gasteiger partial charge in [-0.1, -0.05) is 107 Å².